The van der Waals surface area contributed by atoms with Crippen molar-refractivity contribution in [1.29, 1.82) is 0 Å². The highest BCUT2D eigenvalue weighted by Crippen LogP contribution is 2.31. The zero-order valence-corrected chi connectivity index (χ0v) is 13.2. The molecule has 0 saturated heterocycles. The van der Waals surface area contributed by atoms with Gasteiger partial charge in [-0.1, -0.05) is 27.2 Å². The molecule has 1 nitrogen and oxygen atoms in total. The van der Waals surface area contributed by atoms with Gasteiger partial charge >= 0.3 is 0 Å². The molecule has 0 rings (SSSR count). The number of rotatable bonds is 5. The molecule has 0 N–H and O–H groups in total. The van der Waals surface area contributed by atoms with Crippen molar-refractivity contribution in [3.05, 3.63) is 5.54 Å². The lowest BCUT2D eigenvalue weighted by molar-refractivity contribution is 0.520. The molecule has 0 spiro atoms. The van der Waals surface area contributed by atoms with Crippen LogP contribution in [0.1, 0.15) is 27.2 Å². The highest BCUT2D eigenvalue weighted by molar-refractivity contribution is 6.87. The van der Waals surface area contributed by atoms with E-state index in [-0.39, 0.29) is 0 Å². The minimum Gasteiger partial charge on any atom is -0.455 e. The molecule has 3 heteroatoms. The molecule has 0 aromatic heterocycles. The Morgan fingerprint density at radius 2 is 1.50 bits per heavy atom. The Kier molecular flexibility index (Phi) is 5.09. The fourth-order valence-corrected chi connectivity index (χ4v) is 11.3. The van der Waals surface area contributed by atoms with Gasteiger partial charge in [0.25, 0.3) is 0 Å². The quantitative estimate of drug-likeness (QED) is 0.644. The number of hydrogen-bond donors (Lipinski definition) is 0. The third-order valence-electron chi connectivity index (χ3n) is 2.41. The maximum atomic E-state index is 6.38. The standard InChI is InChI=1S/C11H27OSi2/c1-9-11(10(2)3)14(7,8)12-13(4,5)6/h10H,9H2,1-8H3. The average molecular weight is 232 g/mol. The summed E-state index contributed by atoms with van der Waals surface area (Å²) in [6.07, 6.45) is 1.18. The molecule has 14 heavy (non-hydrogen) atoms. The first-order valence-corrected chi connectivity index (χ1v) is 12.0. The van der Waals surface area contributed by atoms with Crippen LogP contribution in [0.25, 0.3) is 0 Å². The van der Waals surface area contributed by atoms with Crippen LogP contribution < -0.4 is 0 Å². The monoisotopic (exact) mass is 231 g/mol. The number of hydrogen-bond acceptors (Lipinski definition) is 1. The minimum atomic E-state index is -1.55. The van der Waals surface area contributed by atoms with Crippen LogP contribution in [0.4, 0.5) is 0 Å². The van der Waals surface area contributed by atoms with Crippen molar-refractivity contribution in [2.45, 2.75) is 59.9 Å². The van der Waals surface area contributed by atoms with Gasteiger partial charge in [-0.15, -0.1) is 0 Å². The third-order valence-corrected chi connectivity index (χ3v) is 9.38. The van der Waals surface area contributed by atoms with Crippen LogP contribution in [-0.2, 0) is 4.12 Å². The fourth-order valence-electron chi connectivity index (χ4n) is 2.36. The third kappa shape index (κ3) is 4.76. The van der Waals surface area contributed by atoms with Crippen molar-refractivity contribution in [3.63, 3.8) is 0 Å². The molecule has 0 aliphatic heterocycles. The minimum absolute atomic E-state index is 0.679. The van der Waals surface area contributed by atoms with Gasteiger partial charge in [-0.3, -0.25) is 0 Å². The Bertz CT molecular complexity index is 171. The topological polar surface area (TPSA) is 9.23 Å². The smallest absolute Gasteiger partial charge is 0.180 e. The van der Waals surface area contributed by atoms with E-state index in [0.29, 0.717) is 5.92 Å². The summed E-state index contributed by atoms with van der Waals surface area (Å²) < 4.78 is 6.38. The van der Waals surface area contributed by atoms with E-state index in [0.717, 1.165) is 0 Å². The SMILES string of the molecule is CC[C](C(C)C)[Si](C)(C)O[Si](C)(C)C. The summed E-state index contributed by atoms with van der Waals surface area (Å²) in [5.41, 5.74) is 1.67. The summed E-state index contributed by atoms with van der Waals surface area (Å²) in [4.78, 5) is 0. The summed E-state index contributed by atoms with van der Waals surface area (Å²) in [5, 5.41) is 0. The van der Waals surface area contributed by atoms with Crippen LogP contribution in [0.15, 0.2) is 0 Å². The molecule has 0 aliphatic rings. The van der Waals surface area contributed by atoms with Gasteiger partial charge in [-0.05, 0) is 44.2 Å². The molecule has 0 bridgehead atoms. The Hall–Kier alpha value is 0.394. The molecule has 0 heterocycles. The normalized spacial score (nSPS) is 14.1. The maximum absolute atomic E-state index is 6.38. The molecular formula is C11H27OSi2. The van der Waals surface area contributed by atoms with Crippen LogP contribution >= 0.6 is 0 Å². The maximum Gasteiger partial charge on any atom is 0.180 e. The Balaban J connectivity index is 4.57. The van der Waals surface area contributed by atoms with Crippen LogP contribution in [0.2, 0.25) is 32.7 Å². The van der Waals surface area contributed by atoms with Gasteiger partial charge in [0.05, 0.1) is 0 Å². The zero-order valence-electron chi connectivity index (χ0n) is 11.2. The molecule has 0 fully saturated rings. The van der Waals surface area contributed by atoms with Gasteiger partial charge < -0.3 is 4.12 Å². The highest BCUT2D eigenvalue weighted by atomic mass is 28.4. The summed E-state index contributed by atoms with van der Waals surface area (Å²) in [5.74, 6) is 0.679. The second-order valence-corrected chi connectivity index (χ2v) is 14.5. The van der Waals surface area contributed by atoms with E-state index < -0.39 is 16.6 Å². The van der Waals surface area contributed by atoms with E-state index in [1.54, 1.807) is 5.54 Å². The van der Waals surface area contributed by atoms with Crippen molar-refractivity contribution >= 4 is 16.6 Å². The van der Waals surface area contributed by atoms with Crippen molar-refractivity contribution < 1.29 is 4.12 Å². The molecule has 0 amide bonds. The van der Waals surface area contributed by atoms with E-state index in [1.165, 1.54) is 6.42 Å². The predicted molar refractivity (Wildman–Crippen MR) is 70.3 cm³/mol. The molecule has 0 aromatic carbocycles. The largest absolute Gasteiger partial charge is 0.455 e. The lowest BCUT2D eigenvalue weighted by Gasteiger charge is -2.39. The lowest BCUT2D eigenvalue weighted by atomic mass is 10.1. The van der Waals surface area contributed by atoms with Gasteiger partial charge in [0, 0.05) is 0 Å². The molecule has 0 aromatic rings. The van der Waals surface area contributed by atoms with Gasteiger partial charge in [-0.2, -0.15) is 0 Å². The molecular weight excluding hydrogens is 204 g/mol. The molecule has 0 atom stereocenters. The highest BCUT2D eigenvalue weighted by Gasteiger charge is 2.38. The van der Waals surface area contributed by atoms with Crippen LogP contribution in [0.3, 0.4) is 0 Å². The molecule has 85 valence electrons. The Morgan fingerprint density at radius 1 is 1.07 bits per heavy atom. The van der Waals surface area contributed by atoms with Gasteiger partial charge in [-0.25, -0.2) is 0 Å². The summed E-state index contributed by atoms with van der Waals surface area (Å²) in [6, 6.07) is 0. The predicted octanol–water partition coefficient (Wildman–Crippen LogP) is 4.22. The first-order valence-electron chi connectivity index (χ1n) is 5.66. The Labute approximate surface area is 92.5 Å². The summed E-state index contributed by atoms with van der Waals surface area (Å²) >= 11 is 0. The zero-order chi connectivity index (χ0) is 11.6. The summed E-state index contributed by atoms with van der Waals surface area (Å²) in [6.45, 7) is 18.4. The van der Waals surface area contributed by atoms with E-state index in [4.69, 9.17) is 4.12 Å². The van der Waals surface area contributed by atoms with Crippen molar-refractivity contribution in [2.75, 3.05) is 0 Å². The van der Waals surface area contributed by atoms with Crippen LogP contribution in [0, 0.1) is 11.5 Å². The second kappa shape index (κ2) is 4.95. The second-order valence-electron chi connectivity index (χ2n) is 5.76. The van der Waals surface area contributed by atoms with Gasteiger partial charge in [0.15, 0.2) is 16.6 Å². The van der Waals surface area contributed by atoms with E-state index in [1.807, 2.05) is 0 Å². The molecule has 0 aliphatic carbocycles. The Morgan fingerprint density at radius 3 is 1.71 bits per heavy atom. The van der Waals surface area contributed by atoms with Gasteiger partial charge in [0.1, 0.15) is 0 Å². The first-order chi connectivity index (χ1) is 6.10. The van der Waals surface area contributed by atoms with Gasteiger partial charge in [0.2, 0.25) is 0 Å². The van der Waals surface area contributed by atoms with Crippen molar-refractivity contribution in [2.24, 2.45) is 5.92 Å². The molecule has 0 saturated carbocycles. The van der Waals surface area contributed by atoms with Crippen molar-refractivity contribution in [1.82, 2.24) is 0 Å². The van der Waals surface area contributed by atoms with E-state index in [2.05, 4.69) is 53.5 Å². The average Bonchev–Trinajstić information content (AvgIpc) is 1.79. The molecule has 1 radical (unpaired) electrons. The summed E-state index contributed by atoms with van der Waals surface area (Å²) in [7, 11) is -2.93. The molecule has 0 unspecified atom stereocenters. The van der Waals surface area contributed by atoms with E-state index in [9.17, 15) is 0 Å². The lowest BCUT2D eigenvalue weighted by Crippen LogP contribution is -2.48. The fraction of sp³-hybridized carbons (Fsp3) is 0.909. The van der Waals surface area contributed by atoms with Crippen molar-refractivity contribution in [3.8, 4) is 0 Å². The first kappa shape index (κ1) is 14.4. The van der Waals surface area contributed by atoms with Crippen LogP contribution in [-0.4, -0.2) is 16.6 Å². The van der Waals surface area contributed by atoms with E-state index >= 15 is 0 Å². The van der Waals surface area contributed by atoms with Crippen LogP contribution in [0.5, 0.6) is 0 Å².